The highest BCUT2D eigenvalue weighted by Gasteiger charge is 2.27. The molecule has 0 aromatic carbocycles. The predicted octanol–water partition coefficient (Wildman–Crippen LogP) is 3.61. The van der Waals surface area contributed by atoms with Crippen molar-refractivity contribution in [2.45, 2.75) is 65.5 Å². The maximum absolute atomic E-state index is 12.2. The molecule has 1 amide bonds. The van der Waals surface area contributed by atoms with Gasteiger partial charge in [-0.1, -0.05) is 19.8 Å². The fourth-order valence-electron chi connectivity index (χ4n) is 2.94. The molecule has 0 aliphatic heterocycles. The molecule has 3 atom stereocenters. The lowest BCUT2D eigenvalue weighted by molar-refractivity contribution is -0.130. The monoisotopic (exact) mass is 323 g/mol. The Morgan fingerprint density at radius 2 is 2.00 bits per heavy atom. The summed E-state index contributed by atoms with van der Waals surface area (Å²) < 4.78 is 5.32. The lowest BCUT2D eigenvalue weighted by Gasteiger charge is -2.30. The van der Waals surface area contributed by atoms with E-state index in [-0.39, 0.29) is 11.9 Å². The van der Waals surface area contributed by atoms with Crippen molar-refractivity contribution < 1.29 is 14.3 Å². The Bertz CT molecular complexity index is 552. The molecule has 4 nitrogen and oxygen atoms in total. The van der Waals surface area contributed by atoms with Gasteiger partial charge < -0.3 is 10.1 Å². The minimum absolute atomic E-state index is 0.197. The van der Waals surface area contributed by atoms with Gasteiger partial charge in [-0.25, -0.2) is 4.79 Å². The number of amides is 1. The van der Waals surface area contributed by atoms with Crippen LogP contribution in [0, 0.1) is 19.8 Å². The highest BCUT2D eigenvalue weighted by atomic mass is 32.1. The number of carbonyl (C=O) groups is 2. The van der Waals surface area contributed by atoms with E-state index in [0.717, 1.165) is 29.0 Å². The number of nitrogens with one attached hydrogen (secondary N) is 1. The first-order valence-electron chi connectivity index (χ1n) is 7.97. The van der Waals surface area contributed by atoms with Gasteiger partial charge in [0.15, 0.2) is 6.10 Å². The van der Waals surface area contributed by atoms with Gasteiger partial charge in [0.2, 0.25) is 0 Å². The molecular formula is C17H25NO3S. The molecule has 1 aromatic rings. The standard InChI is InChI=1S/C17H25NO3S/c1-10-7-5-6-8-15(10)18-16(19)12(3)21-17(20)14-9-11(2)22-13(14)4/h9-10,12,15H,5-8H2,1-4H3,(H,18,19)/t10-,12+,15+/m0/s1. The number of hydrogen-bond donors (Lipinski definition) is 1. The number of thiophene rings is 1. The molecule has 1 N–H and O–H groups in total. The third kappa shape index (κ3) is 4.09. The normalized spacial score (nSPS) is 22.9. The van der Waals surface area contributed by atoms with E-state index in [1.807, 2.05) is 19.9 Å². The summed E-state index contributed by atoms with van der Waals surface area (Å²) in [7, 11) is 0. The quantitative estimate of drug-likeness (QED) is 0.861. The fraction of sp³-hybridized carbons (Fsp3) is 0.647. The summed E-state index contributed by atoms with van der Waals surface area (Å²) in [4.78, 5) is 26.4. The lowest BCUT2D eigenvalue weighted by atomic mass is 9.86. The Morgan fingerprint density at radius 1 is 1.32 bits per heavy atom. The molecule has 1 heterocycles. The van der Waals surface area contributed by atoms with Gasteiger partial charge in [-0.2, -0.15) is 0 Å². The van der Waals surface area contributed by atoms with Gasteiger partial charge in [0.25, 0.3) is 5.91 Å². The van der Waals surface area contributed by atoms with Gasteiger partial charge in [-0.3, -0.25) is 4.79 Å². The van der Waals surface area contributed by atoms with Crippen LogP contribution in [0.4, 0.5) is 0 Å². The van der Waals surface area contributed by atoms with Crippen LogP contribution in [0.15, 0.2) is 6.07 Å². The molecule has 0 radical (unpaired) electrons. The fourth-order valence-corrected chi connectivity index (χ4v) is 3.85. The molecular weight excluding hydrogens is 298 g/mol. The van der Waals surface area contributed by atoms with E-state index in [4.69, 9.17) is 4.74 Å². The summed E-state index contributed by atoms with van der Waals surface area (Å²) in [6.45, 7) is 7.64. The predicted molar refractivity (Wildman–Crippen MR) is 88.2 cm³/mol. The number of ether oxygens (including phenoxy) is 1. The molecule has 1 fully saturated rings. The van der Waals surface area contributed by atoms with Gasteiger partial charge in [-0.05, 0) is 45.6 Å². The van der Waals surface area contributed by atoms with Crippen LogP contribution in [0.5, 0.6) is 0 Å². The summed E-state index contributed by atoms with van der Waals surface area (Å²) >= 11 is 1.56. The highest BCUT2D eigenvalue weighted by molar-refractivity contribution is 7.12. The Morgan fingerprint density at radius 3 is 2.59 bits per heavy atom. The molecule has 22 heavy (non-hydrogen) atoms. The van der Waals surface area contributed by atoms with Crippen molar-refractivity contribution in [1.82, 2.24) is 5.32 Å². The van der Waals surface area contributed by atoms with Crippen molar-refractivity contribution in [3.63, 3.8) is 0 Å². The lowest BCUT2D eigenvalue weighted by Crippen LogP contribution is -2.46. The van der Waals surface area contributed by atoms with E-state index in [1.165, 1.54) is 6.42 Å². The first-order valence-corrected chi connectivity index (χ1v) is 8.78. The van der Waals surface area contributed by atoms with Gasteiger partial charge in [0.05, 0.1) is 5.56 Å². The van der Waals surface area contributed by atoms with E-state index in [1.54, 1.807) is 18.3 Å². The molecule has 5 heteroatoms. The highest BCUT2D eigenvalue weighted by Crippen LogP contribution is 2.24. The van der Waals surface area contributed by atoms with Crippen LogP contribution >= 0.6 is 11.3 Å². The van der Waals surface area contributed by atoms with Gasteiger partial charge in [0.1, 0.15) is 0 Å². The summed E-state index contributed by atoms with van der Waals surface area (Å²) in [6.07, 6.45) is 3.77. The number of esters is 1. The van der Waals surface area contributed by atoms with Crippen molar-refractivity contribution in [2.75, 3.05) is 0 Å². The second kappa shape index (κ2) is 7.27. The average molecular weight is 323 g/mol. The summed E-state index contributed by atoms with van der Waals surface area (Å²) in [5.74, 6) is -0.125. The molecule has 2 rings (SSSR count). The number of rotatable bonds is 4. The Labute approximate surface area is 136 Å². The van der Waals surface area contributed by atoms with Crippen LogP contribution < -0.4 is 5.32 Å². The maximum Gasteiger partial charge on any atom is 0.340 e. The van der Waals surface area contributed by atoms with E-state index in [9.17, 15) is 9.59 Å². The second-order valence-corrected chi connectivity index (χ2v) is 7.71. The van der Waals surface area contributed by atoms with E-state index in [2.05, 4.69) is 12.2 Å². The average Bonchev–Trinajstić information content (AvgIpc) is 2.80. The topological polar surface area (TPSA) is 55.4 Å². The molecule has 0 spiro atoms. The zero-order valence-electron chi connectivity index (χ0n) is 13.8. The summed E-state index contributed by atoms with van der Waals surface area (Å²) in [5.41, 5.74) is 0.563. The van der Waals surface area contributed by atoms with Crippen LogP contribution in [-0.2, 0) is 9.53 Å². The third-order valence-corrected chi connectivity index (χ3v) is 5.32. The third-order valence-electron chi connectivity index (χ3n) is 4.35. The van der Waals surface area contributed by atoms with Crippen molar-refractivity contribution in [3.05, 3.63) is 21.4 Å². The number of carbonyl (C=O) groups excluding carboxylic acids is 2. The zero-order chi connectivity index (χ0) is 16.3. The van der Waals surface area contributed by atoms with Gasteiger partial charge >= 0.3 is 5.97 Å². The largest absolute Gasteiger partial charge is 0.449 e. The molecule has 1 aliphatic rings. The van der Waals surface area contributed by atoms with E-state index >= 15 is 0 Å². The van der Waals surface area contributed by atoms with Crippen molar-refractivity contribution in [2.24, 2.45) is 5.92 Å². The molecule has 1 aliphatic carbocycles. The molecule has 0 saturated heterocycles. The van der Waals surface area contributed by atoms with Crippen LogP contribution in [0.25, 0.3) is 0 Å². The second-order valence-electron chi connectivity index (χ2n) is 6.25. The van der Waals surface area contributed by atoms with Crippen LogP contribution in [0.3, 0.4) is 0 Å². The minimum atomic E-state index is -0.763. The Hall–Kier alpha value is -1.36. The number of hydrogen-bond acceptors (Lipinski definition) is 4. The van der Waals surface area contributed by atoms with Crippen molar-refractivity contribution in [1.29, 1.82) is 0 Å². The minimum Gasteiger partial charge on any atom is -0.449 e. The SMILES string of the molecule is Cc1cc(C(=O)O[C@H](C)C(=O)N[C@@H]2CCCC[C@@H]2C)c(C)s1. The molecule has 122 valence electrons. The Balaban J connectivity index is 1.90. The van der Waals surface area contributed by atoms with Gasteiger partial charge in [0, 0.05) is 15.8 Å². The molecule has 1 saturated carbocycles. The maximum atomic E-state index is 12.2. The first-order chi connectivity index (χ1) is 10.4. The van der Waals surface area contributed by atoms with Gasteiger partial charge in [-0.15, -0.1) is 11.3 Å². The van der Waals surface area contributed by atoms with E-state index in [0.29, 0.717) is 11.5 Å². The van der Waals surface area contributed by atoms with Crippen molar-refractivity contribution in [3.8, 4) is 0 Å². The van der Waals surface area contributed by atoms with Crippen molar-refractivity contribution >= 4 is 23.2 Å². The van der Waals surface area contributed by atoms with Crippen LogP contribution in [0.2, 0.25) is 0 Å². The van der Waals surface area contributed by atoms with Crippen LogP contribution in [-0.4, -0.2) is 24.0 Å². The van der Waals surface area contributed by atoms with E-state index < -0.39 is 12.1 Å². The summed E-state index contributed by atoms with van der Waals surface area (Å²) in [5, 5.41) is 3.03. The zero-order valence-corrected chi connectivity index (χ0v) is 14.6. The first kappa shape index (κ1) is 17.0. The summed E-state index contributed by atoms with van der Waals surface area (Å²) in [6, 6.07) is 2.02. The Kier molecular flexibility index (Phi) is 5.62. The van der Waals surface area contributed by atoms with Crippen LogP contribution in [0.1, 0.15) is 59.6 Å². The molecule has 0 unspecified atom stereocenters. The molecule has 0 bridgehead atoms. The molecule has 1 aromatic heterocycles. The smallest absolute Gasteiger partial charge is 0.340 e. The number of aryl methyl sites for hydroxylation is 2.